The molecule has 2 rings (SSSR count). The van der Waals surface area contributed by atoms with Crippen LogP contribution in [0.3, 0.4) is 0 Å². The molecule has 0 aliphatic carbocycles. The van der Waals surface area contributed by atoms with Gasteiger partial charge in [-0.1, -0.05) is 24.0 Å². The first-order valence-corrected chi connectivity index (χ1v) is 9.17. The monoisotopic (exact) mass is 384 g/mol. The summed E-state index contributed by atoms with van der Waals surface area (Å²) in [6.07, 6.45) is 2.06. The molecular weight excluding hydrogens is 368 g/mol. The van der Waals surface area contributed by atoms with Gasteiger partial charge in [-0.15, -0.1) is 11.3 Å². The number of carboxylic acids is 1. The Bertz CT molecular complexity index is 739. The lowest BCUT2D eigenvalue weighted by molar-refractivity contribution is -0.137. The maximum Gasteiger partial charge on any atom is 0.303 e. The quantitative estimate of drug-likeness (QED) is 0.579. The molecule has 1 aliphatic rings. The SMILES string of the molecule is CC(=O)Nc1sc(C)cc1C=C1SC(=S)N(CCCC(=O)O)C1=O. The molecule has 1 aliphatic heterocycles. The molecule has 24 heavy (non-hydrogen) atoms. The van der Waals surface area contributed by atoms with Crippen molar-refractivity contribution in [2.75, 3.05) is 11.9 Å². The second-order valence-electron chi connectivity index (χ2n) is 5.15. The van der Waals surface area contributed by atoms with Gasteiger partial charge in [0.2, 0.25) is 5.91 Å². The fraction of sp³-hybridized carbons (Fsp3) is 0.333. The number of aryl methyl sites for hydroxylation is 1. The standard InChI is InChI=1S/C15H16N2O4S3/c1-8-6-10(13(23-8)16-9(2)18)7-11-14(21)17(15(22)24-11)5-3-4-12(19)20/h6-7H,3-5H2,1-2H3,(H,16,18)(H,19,20). The molecule has 1 fully saturated rings. The number of nitrogens with zero attached hydrogens (tertiary/aromatic N) is 1. The van der Waals surface area contributed by atoms with Crippen LogP contribution in [-0.4, -0.2) is 38.7 Å². The predicted octanol–water partition coefficient (Wildman–Crippen LogP) is 3.08. The summed E-state index contributed by atoms with van der Waals surface area (Å²) in [7, 11) is 0. The zero-order valence-electron chi connectivity index (χ0n) is 13.1. The van der Waals surface area contributed by atoms with Gasteiger partial charge in [0.05, 0.1) is 4.91 Å². The molecule has 0 unspecified atom stereocenters. The van der Waals surface area contributed by atoms with Crippen LogP contribution in [0.4, 0.5) is 5.00 Å². The van der Waals surface area contributed by atoms with Gasteiger partial charge in [0.15, 0.2) is 0 Å². The van der Waals surface area contributed by atoms with Crippen molar-refractivity contribution in [1.82, 2.24) is 4.90 Å². The van der Waals surface area contributed by atoms with Crippen LogP contribution in [0.25, 0.3) is 6.08 Å². The first-order valence-electron chi connectivity index (χ1n) is 7.13. The van der Waals surface area contributed by atoms with Crippen molar-refractivity contribution in [1.29, 1.82) is 0 Å². The largest absolute Gasteiger partial charge is 0.481 e. The highest BCUT2D eigenvalue weighted by atomic mass is 32.2. The van der Waals surface area contributed by atoms with E-state index in [2.05, 4.69) is 5.32 Å². The van der Waals surface area contributed by atoms with Gasteiger partial charge < -0.3 is 10.4 Å². The first kappa shape index (κ1) is 18.6. The number of carboxylic acid groups (broad SMARTS) is 1. The van der Waals surface area contributed by atoms with Crippen LogP contribution in [0, 0.1) is 6.92 Å². The Balaban J connectivity index is 2.16. The summed E-state index contributed by atoms with van der Waals surface area (Å²) in [6.45, 7) is 3.64. The number of carbonyl (C=O) groups excluding carboxylic acids is 2. The summed E-state index contributed by atoms with van der Waals surface area (Å²) in [5, 5.41) is 12.1. The minimum absolute atomic E-state index is 0.00743. The first-order chi connectivity index (χ1) is 11.3. The summed E-state index contributed by atoms with van der Waals surface area (Å²) in [5.41, 5.74) is 0.763. The van der Waals surface area contributed by atoms with Crippen molar-refractivity contribution >= 4 is 68.5 Å². The number of rotatable bonds is 6. The van der Waals surface area contributed by atoms with E-state index in [1.54, 1.807) is 6.08 Å². The summed E-state index contributed by atoms with van der Waals surface area (Å²) in [6, 6.07) is 1.90. The zero-order valence-corrected chi connectivity index (χ0v) is 15.6. The highest BCUT2D eigenvalue weighted by Crippen LogP contribution is 2.36. The number of thioether (sulfide) groups is 1. The number of thiocarbonyl (C=S) groups is 1. The maximum absolute atomic E-state index is 12.5. The molecule has 0 aromatic carbocycles. The maximum atomic E-state index is 12.5. The molecule has 0 spiro atoms. The topological polar surface area (TPSA) is 86.7 Å². The van der Waals surface area contributed by atoms with Crippen LogP contribution in [0.15, 0.2) is 11.0 Å². The summed E-state index contributed by atoms with van der Waals surface area (Å²) in [5.74, 6) is -1.30. The van der Waals surface area contributed by atoms with Crippen molar-refractivity contribution in [2.24, 2.45) is 0 Å². The Kier molecular flexibility index (Phi) is 6.14. The smallest absolute Gasteiger partial charge is 0.303 e. The Hall–Kier alpha value is -1.71. The van der Waals surface area contributed by atoms with Crippen molar-refractivity contribution in [2.45, 2.75) is 26.7 Å². The molecule has 128 valence electrons. The molecule has 0 saturated carbocycles. The lowest BCUT2D eigenvalue weighted by Crippen LogP contribution is -2.29. The molecule has 1 aromatic heterocycles. The van der Waals surface area contributed by atoms with Crippen LogP contribution >= 0.6 is 35.3 Å². The van der Waals surface area contributed by atoms with E-state index >= 15 is 0 Å². The normalized spacial score (nSPS) is 16.1. The number of nitrogens with one attached hydrogen (secondary N) is 1. The van der Waals surface area contributed by atoms with Crippen LogP contribution in [0.1, 0.15) is 30.2 Å². The van der Waals surface area contributed by atoms with Crippen LogP contribution in [0.2, 0.25) is 0 Å². The molecule has 1 aromatic rings. The summed E-state index contributed by atoms with van der Waals surface area (Å²) < 4.78 is 0.421. The fourth-order valence-corrected chi connectivity index (χ4v) is 4.36. The Morgan fingerprint density at radius 1 is 1.46 bits per heavy atom. The zero-order chi connectivity index (χ0) is 17.9. The van der Waals surface area contributed by atoms with E-state index in [9.17, 15) is 14.4 Å². The molecule has 2 N–H and O–H groups in total. The van der Waals surface area contributed by atoms with Gasteiger partial charge in [-0.05, 0) is 25.5 Å². The highest BCUT2D eigenvalue weighted by Gasteiger charge is 2.32. The molecule has 0 atom stereocenters. The Morgan fingerprint density at radius 3 is 2.79 bits per heavy atom. The average molecular weight is 385 g/mol. The van der Waals surface area contributed by atoms with E-state index in [1.165, 1.54) is 34.9 Å². The second kappa shape index (κ2) is 7.91. The van der Waals surface area contributed by atoms with Gasteiger partial charge >= 0.3 is 5.97 Å². The molecule has 9 heteroatoms. The lowest BCUT2D eigenvalue weighted by Gasteiger charge is -2.13. The minimum Gasteiger partial charge on any atom is -0.481 e. The van der Waals surface area contributed by atoms with Crippen LogP contribution < -0.4 is 5.32 Å². The van der Waals surface area contributed by atoms with Crippen molar-refractivity contribution in [3.8, 4) is 0 Å². The van der Waals surface area contributed by atoms with Gasteiger partial charge in [-0.3, -0.25) is 19.3 Å². The molecule has 2 amide bonds. The van der Waals surface area contributed by atoms with E-state index < -0.39 is 5.97 Å². The van der Waals surface area contributed by atoms with Gasteiger partial charge in [0.25, 0.3) is 5.91 Å². The average Bonchev–Trinajstić information content (AvgIpc) is 2.92. The van der Waals surface area contributed by atoms with Crippen LogP contribution in [-0.2, 0) is 14.4 Å². The Labute approximate surface area is 152 Å². The molecule has 6 nitrogen and oxygen atoms in total. The highest BCUT2D eigenvalue weighted by molar-refractivity contribution is 8.26. The second-order valence-corrected chi connectivity index (χ2v) is 8.09. The van der Waals surface area contributed by atoms with Crippen LogP contribution in [0.5, 0.6) is 0 Å². The predicted molar refractivity (Wildman–Crippen MR) is 100 cm³/mol. The molecule has 0 bridgehead atoms. The van der Waals surface area contributed by atoms with E-state index in [0.717, 1.165) is 10.4 Å². The number of carbonyl (C=O) groups is 3. The number of hydrogen-bond acceptors (Lipinski definition) is 6. The van der Waals surface area contributed by atoms with Gasteiger partial charge in [0, 0.05) is 30.3 Å². The van der Waals surface area contributed by atoms with Crippen molar-refractivity contribution in [3.05, 3.63) is 21.4 Å². The molecule has 2 heterocycles. The lowest BCUT2D eigenvalue weighted by atomic mass is 10.2. The number of thiophene rings is 1. The Morgan fingerprint density at radius 2 is 2.17 bits per heavy atom. The van der Waals surface area contributed by atoms with Gasteiger partial charge in [-0.2, -0.15) is 0 Å². The van der Waals surface area contributed by atoms with E-state index in [-0.39, 0.29) is 24.8 Å². The molecule has 0 radical (unpaired) electrons. The number of aliphatic carboxylic acids is 1. The van der Waals surface area contributed by atoms with Crippen molar-refractivity contribution in [3.63, 3.8) is 0 Å². The third kappa shape index (κ3) is 4.65. The number of anilines is 1. The van der Waals surface area contributed by atoms with Crippen molar-refractivity contribution < 1.29 is 19.5 Å². The number of hydrogen-bond donors (Lipinski definition) is 2. The van der Waals surface area contributed by atoms with E-state index in [1.807, 2.05) is 13.0 Å². The summed E-state index contributed by atoms with van der Waals surface area (Å²) in [4.78, 5) is 37.2. The van der Waals surface area contributed by atoms with Gasteiger partial charge in [0.1, 0.15) is 9.32 Å². The van der Waals surface area contributed by atoms with E-state index in [0.29, 0.717) is 20.6 Å². The fourth-order valence-electron chi connectivity index (χ4n) is 2.12. The third-order valence-electron chi connectivity index (χ3n) is 3.11. The third-order valence-corrected chi connectivity index (χ3v) is 5.47. The summed E-state index contributed by atoms with van der Waals surface area (Å²) >= 11 is 7.83. The molecular formula is C15H16N2O4S3. The molecule has 1 saturated heterocycles. The minimum atomic E-state index is -0.898. The number of amides is 2. The van der Waals surface area contributed by atoms with Gasteiger partial charge in [-0.25, -0.2) is 0 Å². The van der Waals surface area contributed by atoms with E-state index in [4.69, 9.17) is 17.3 Å².